The normalized spacial score (nSPS) is 14.3. The van der Waals surface area contributed by atoms with E-state index in [1.165, 1.54) is 17.7 Å². The lowest BCUT2D eigenvalue weighted by atomic mass is 9.96. The summed E-state index contributed by atoms with van der Waals surface area (Å²) >= 11 is 0. The van der Waals surface area contributed by atoms with Crippen LogP contribution in [0.2, 0.25) is 0 Å². The minimum absolute atomic E-state index is 0.0365. The van der Waals surface area contributed by atoms with Crippen molar-refractivity contribution >= 4 is 23.4 Å². The van der Waals surface area contributed by atoms with E-state index in [1.54, 1.807) is 18.3 Å². The molecule has 0 atom stereocenters. The van der Waals surface area contributed by atoms with E-state index in [0.717, 1.165) is 43.0 Å². The number of anilines is 3. The summed E-state index contributed by atoms with van der Waals surface area (Å²) < 4.78 is 13.0. The molecular weight excluding hydrogens is 393 g/mol. The van der Waals surface area contributed by atoms with Crippen LogP contribution in [0.15, 0.2) is 60.8 Å². The Balaban J connectivity index is 1.29. The predicted molar refractivity (Wildman–Crippen MR) is 120 cm³/mol. The van der Waals surface area contributed by atoms with Crippen molar-refractivity contribution in [3.8, 4) is 0 Å². The van der Waals surface area contributed by atoms with Gasteiger partial charge in [-0.1, -0.05) is 29.8 Å². The molecular formula is C24H26FN5O. The zero-order valence-corrected chi connectivity index (χ0v) is 17.5. The van der Waals surface area contributed by atoms with Crippen LogP contribution in [0.5, 0.6) is 0 Å². The molecule has 0 radical (unpaired) electrons. The number of amides is 1. The average molecular weight is 420 g/mol. The summed E-state index contributed by atoms with van der Waals surface area (Å²) in [6.07, 6.45) is 3.24. The van der Waals surface area contributed by atoms with Gasteiger partial charge in [-0.25, -0.2) is 9.37 Å². The number of aromatic nitrogens is 2. The molecule has 1 amide bonds. The van der Waals surface area contributed by atoms with Crippen molar-refractivity contribution in [2.24, 2.45) is 5.92 Å². The third-order valence-corrected chi connectivity index (χ3v) is 5.50. The van der Waals surface area contributed by atoms with Crippen LogP contribution in [0.4, 0.5) is 21.8 Å². The van der Waals surface area contributed by atoms with E-state index < -0.39 is 0 Å². The van der Waals surface area contributed by atoms with Gasteiger partial charge in [-0.05, 0) is 55.7 Å². The van der Waals surface area contributed by atoms with Gasteiger partial charge >= 0.3 is 0 Å². The number of carbonyl (C=O) groups excluding carboxylic acids is 1. The van der Waals surface area contributed by atoms with Crippen molar-refractivity contribution < 1.29 is 9.18 Å². The number of aryl methyl sites for hydroxylation is 1. The third kappa shape index (κ3) is 5.57. The second kappa shape index (κ2) is 9.55. The molecule has 1 aliphatic heterocycles. The summed E-state index contributed by atoms with van der Waals surface area (Å²) in [5.41, 5.74) is 3.07. The number of rotatable bonds is 6. The molecule has 2 aromatic carbocycles. The second-order valence-corrected chi connectivity index (χ2v) is 7.84. The van der Waals surface area contributed by atoms with Gasteiger partial charge < -0.3 is 15.5 Å². The van der Waals surface area contributed by atoms with E-state index in [2.05, 4.69) is 44.6 Å². The Hall–Kier alpha value is -3.48. The molecule has 31 heavy (non-hydrogen) atoms. The predicted octanol–water partition coefficient (Wildman–Crippen LogP) is 4.20. The van der Waals surface area contributed by atoms with Crippen molar-refractivity contribution in [3.63, 3.8) is 0 Å². The van der Waals surface area contributed by atoms with Gasteiger partial charge in [-0.3, -0.25) is 4.79 Å². The van der Waals surface area contributed by atoms with Crippen LogP contribution < -0.4 is 15.5 Å². The Kier molecular flexibility index (Phi) is 6.40. The first kappa shape index (κ1) is 20.8. The van der Waals surface area contributed by atoms with Crippen molar-refractivity contribution in [1.82, 2.24) is 15.3 Å². The maximum atomic E-state index is 13.0. The lowest BCUT2D eigenvalue weighted by Gasteiger charge is -2.31. The summed E-state index contributed by atoms with van der Waals surface area (Å²) in [4.78, 5) is 23.7. The van der Waals surface area contributed by atoms with E-state index in [0.29, 0.717) is 12.5 Å². The first-order valence-corrected chi connectivity index (χ1v) is 10.5. The van der Waals surface area contributed by atoms with E-state index >= 15 is 0 Å². The Labute approximate surface area is 181 Å². The van der Waals surface area contributed by atoms with Crippen LogP contribution in [-0.2, 0) is 11.3 Å². The van der Waals surface area contributed by atoms with E-state index in [1.807, 2.05) is 18.2 Å². The number of piperidine rings is 1. The minimum Gasteiger partial charge on any atom is -0.352 e. The first-order valence-electron chi connectivity index (χ1n) is 10.5. The smallest absolute Gasteiger partial charge is 0.227 e. The van der Waals surface area contributed by atoms with E-state index in [9.17, 15) is 9.18 Å². The van der Waals surface area contributed by atoms with Crippen LogP contribution in [-0.4, -0.2) is 29.0 Å². The minimum atomic E-state index is -0.275. The van der Waals surface area contributed by atoms with Crippen LogP contribution in [0, 0.1) is 18.7 Å². The molecule has 160 valence electrons. The molecule has 6 nitrogen and oxygen atoms in total. The highest BCUT2D eigenvalue weighted by molar-refractivity contribution is 5.79. The maximum absolute atomic E-state index is 13.0. The number of benzene rings is 2. The molecule has 3 aromatic rings. The molecule has 7 heteroatoms. The number of hydrogen-bond acceptors (Lipinski definition) is 5. The number of halogens is 1. The number of carbonyl (C=O) groups is 1. The van der Waals surface area contributed by atoms with Crippen LogP contribution in [0.1, 0.15) is 24.0 Å². The van der Waals surface area contributed by atoms with Gasteiger partial charge in [-0.15, -0.1) is 0 Å². The largest absolute Gasteiger partial charge is 0.352 e. The maximum Gasteiger partial charge on any atom is 0.227 e. The standard InChI is InChI=1S/C24H26FN5O/c1-17-2-8-21(9-3-17)28-22-10-13-26-24(29-22)30-14-11-19(12-15-30)23(31)27-16-18-4-6-20(25)7-5-18/h2-10,13,19H,11-12,14-16H2,1H3,(H,27,31)(H,26,28,29). The highest BCUT2D eigenvalue weighted by atomic mass is 19.1. The summed E-state index contributed by atoms with van der Waals surface area (Å²) in [6, 6.07) is 16.2. The number of nitrogens with zero attached hydrogens (tertiary/aromatic N) is 3. The van der Waals surface area contributed by atoms with Gasteiger partial charge in [0.2, 0.25) is 11.9 Å². The lowest BCUT2D eigenvalue weighted by molar-refractivity contribution is -0.125. The molecule has 0 aliphatic carbocycles. The first-order chi connectivity index (χ1) is 15.1. The molecule has 2 N–H and O–H groups in total. The molecule has 0 spiro atoms. The molecule has 2 heterocycles. The molecule has 1 fully saturated rings. The fourth-order valence-corrected chi connectivity index (χ4v) is 3.63. The van der Waals surface area contributed by atoms with Gasteiger partial charge in [-0.2, -0.15) is 4.98 Å². The van der Waals surface area contributed by atoms with Gasteiger partial charge in [0.05, 0.1) is 0 Å². The Morgan fingerprint density at radius 2 is 1.77 bits per heavy atom. The van der Waals surface area contributed by atoms with Crippen molar-refractivity contribution in [2.75, 3.05) is 23.3 Å². The zero-order chi connectivity index (χ0) is 21.6. The van der Waals surface area contributed by atoms with E-state index in [4.69, 9.17) is 0 Å². The van der Waals surface area contributed by atoms with Crippen LogP contribution in [0.3, 0.4) is 0 Å². The van der Waals surface area contributed by atoms with Crippen molar-refractivity contribution in [2.45, 2.75) is 26.3 Å². The van der Waals surface area contributed by atoms with Gasteiger partial charge in [0, 0.05) is 37.4 Å². The zero-order valence-electron chi connectivity index (χ0n) is 17.5. The van der Waals surface area contributed by atoms with Crippen LogP contribution >= 0.6 is 0 Å². The lowest BCUT2D eigenvalue weighted by Crippen LogP contribution is -2.41. The SMILES string of the molecule is Cc1ccc(Nc2ccnc(N3CCC(C(=O)NCc4ccc(F)cc4)CC3)n2)cc1. The Morgan fingerprint density at radius 1 is 1.06 bits per heavy atom. The molecule has 4 rings (SSSR count). The van der Waals surface area contributed by atoms with Crippen molar-refractivity contribution in [1.29, 1.82) is 0 Å². The summed E-state index contributed by atoms with van der Waals surface area (Å²) in [7, 11) is 0. The Morgan fingerprint density at radius 3 is 2.48 bits per heavy atom. The topological polar surface area (TPSA) is 70.2 Å². The van der Waals surface area contributed by atoms with Gasteiger partial charge in [0.15, 0.2) is 0 Å². The van der Waals surface area contributed by atoms with Crippen molar-refractivity contribution in [3.05, 3.63) is 77.7 Å². The highest BCUT2D eigenvalue weighted by Crippen LogP contribution is 2.23. The third-order valence-electron chi connectivity index (χ3n) is 5.50. The number of nitrogens with one attached hydrogen (secondary N) is 2. The molecule has 0 unspecified atom stereocenters. The quantitative estimate of drug-likeness (QED) is 0.627. The summed E-state index contributed by atoms with van der Waals surface area (Å²) in [5, 5.41) is 6.27. The van der Waals surface area contributed by atoms with Gasteiger partial charge in [0.25, 0.3) is 0 Å². The highest BCUT2D eigenvalue weighted by Gasteiger charge is 2.26. The second-order valence-electron chi connectivity index (χ2n) is 7.84. The molecule has 1 aliphatic rings. The Bertz CT molecular complexity index is 1010. The average Bonchev–Trinajstić information content (AvgIpc) is 2.80. The molecule has 0 saturated carbocycles. The molecule has 0 bridgehead atoms. The van der Waals surface area contributed by atoms with E-state index in [-0.39, 0.29) is 17.6 Å². The van der Waals surface area contributed by atoms with Crippen LogP contribution in [0.25, 0.3) is 0 Å². The fraction of sp³-hybridized carbons (Fsp3) is 0.292. The summed E-state index contributed by atoms with van der Waals surface area (Å²) in [5.74, 6) is 1.14. The fourth-order valence-electron chi connectivity index (χ4n) is 3.63. The van der Waals surface area contributed by atoms with Gasteiger partial charge in [0.1, 0.15) is 11.6 Å². The molecule has 1 aromatic heterocycles. The number of hydrogen-bond donors (Lipinski definition) is 2. The monoisotopic (exact) mass is 419 g/mol. The summed E-state index contributed by atoms with van der Waals surface area (Å²) in [6.45, 7) is 3.92. The molecule has 1 saturated heterocycles.